The Balaban J connectivity index is 1.46. The molecule has 3 aromatic heterocycles. The van der Waals surface area contributed by atoms with Crippen LogP contribution in [0.1, 0.15) is 41.8 Å². The molecule has 1 aliphatic rings. The van der Waals surface area contributed by atoms with E-state index in [1.165, 1.54) is 22.2 Å². The second-order valence-electron chi connectivity index (χ2n) is 7.93. The molecular formula is C22H23N5O2S2. The highest BCUT2D eigenvalue weighted by atomic mass is 32.2. The zero-order chi connectivity index (χ0) is 21.5. The number of aromatic amines is 1. The van der Waals surface area contributed by atoms with Crippen molar-refractivity contribution in [1.82, 2.24) is 24.7 Å². The summed E-state index contributed by atoms with van der Waals surface area (Å²) in [6.07, 6.45) is 4.82. The molecule has 0 unspecified atom stereocenters. The van der Waals surface area contributed by atoms with E-state index in [1.54, 1.807) is 24.8 Å². The molecule has 0 fully saturated rings. The summed E-state index contributed by atoms with van der Waals surface area (Å²) in [6, 6.07) is 7.73. The van der Waals surface area contributed by atoms with Gasteiger partial charge in [0.1, 0.15) is 22.7 Å². The van der Waals surface area contributed by atoms with E-state index in [4.69, 9.17) is 9.72 Å². The summed E-state index contributed by atoms with van der Waals surface area (Å²) >= 11 is 3.19. The molecule has 2 atom stereocenters. The molecule has 0 spiro atoms. The fourth-order valence-electron chi connectivity index (χ4n) is 4.01. The number of benzene rings is 1. The number of nitrogens with zero attached hydrogens (tertiary/aromatic N) is 4. The smallest absolute Gasteiger partial charge is 0.259 e. The molecule has 1 aromatic carbocycles. The van der Waals surface area contributed by atoms with Gasteiger partial charge < -0.3 is 9.72 Å². The van der Waals surface area contributed by atoms with Crippen molar-refractivity contribution in [1.29, 1.82) is 0 Å². The van der Waals surface area contributed by atoms with Gasteiger partial charge in [-0.15, -0.1) is 21.5 Å². The molecule has 0 aliphatic heterocycles. The predicted molar refractivity (Wildman–Crippen MR) is 124 cm³/mol. The number of aryl methyl sites for hydroxylation is 1. The first kappa shape index (κ1) is 20.3. The number of hydrogen-bond donors (Lipinski definition) is 1. The van der Waals surface area contributed by atoms with E-state index >= 15 is 0 Å². The van der Waals surface area contributed by atoms with Crippen LogP contribution >= 0.6 is 23.1 Å². The quantitative estimate of drug-likeness (QED) is 0.446. The minimum absolute atomic E-state index is 0.0336. The van der Waals surface area contributed by atoms with E-state index in [2.05, 4.69) is 22.1 Å². The molecule has 7 nitrogen and oxygen atoms in total. The zero-order valence-electron chi connectivity index (χ0n) is 17.6. The first-order valence-corrected chi connectivity index (χ1v) is 12.0. The summed E-state index contributed by atoms with van der Waals surface area (Å²) in [5.74, 6) is 2.09. The summed E-state index contributed by atoms with van der Waals surface area (Å²) in [7, 11) is 1.64. The number of thiophene rings is 1. The first-order chi connectivity index (χ1) is 15.0. The average Bonchev–Trinajstić information content (AvgIpc) is 3.37. The maximum Gasteiger partial charge on any atom is 0.259 e. The lowest BCUT2D eigenvalue weighted by Crippen LogP contribution is -2.15. The van der Waals surface area contributed by atoms with E-state index in [0.29, 0.717) is 11.7 Å². The summed E-state index contributed by atoms with van der Waals surface area (Å²) in [5, 5.41) is 9.77. The number of methoxy groups -OCH3 is 1. The Morgan fingerprint density at radius 1 is 1.39 bits per heavy atom. The lowest BCUT2D eigenvalue weighted by molar-refractivity contribution is 0.414. The maximum absolute atomic E-state index is 12.9. The molecule has 0 saturated heterocycles. The minimum Gasteiger partial charge on any atom is -0.497 e. The van der Waals surface area contributed by atoms with Crippen LogP contribution in [0.15, 0.2) is 40.5 Å². The average molecular weight is 454 g/mol. The normalized spacial score (nSPS) is 16.9. The van der Waals surface area contributed by atoms with Crippen LogP contribution in [0.2, 0.25) is 0 Å². The Kier molecular flexibility index (Phi) is 5.31. The molecule has 1 aliphatic carbocycles. The summed E-state index contributed by atoms with van der Waals surface area (Å²) < 4.78 is 7.24. The van der Waals surface area contributed by atoms with Crippen LogP contribution < -0.4 is 10.3 Å². The summed E-state index contributed by atoms with van der Waals surface area (Å²) in [6.45, 7) is 4.29. The van der Waals surface area contributed by atoms with Gasteiger partial charge in [0.2, 0.25) is 0 Å². The third kappa shape index (κ3) is 3.76. The summed E-state index contributed by atoms with van der Waals surface area (Å²) in [4.78, 5) is 23.0. The van der Waals surface area contributed by atoms with Gasteiger partial charge in [-0.1, -0.05) is 24.8 Å². The van der Waals surface area contributed by atoms with Crippen LogP contribution in [-0.2, 0) is 12.8 Å². The van der Waals surface area contributed by atoms with Gasteiger partial charge in [-0.25, -0.2) is 4.98 Å². The Morgan fingerprint density at radius 3 is 3.10 bits per heavy atom. The third-order valence-corrected chi connectivity index (χ3v) is 7.91. The lowest BCUT2D eigenvalue weighted by atomic mass is 9.89. The Morgan fingerprint density at radius 2 is 2.26 bits per heavy atom. The number of rotatable bonds is 5. The summed E-state index contributed by atoms with van der Waals surface area (Å²) in [5.41, 5.74) is 2.08. The van der Waals surface area contributed by atoms with Crippen molar-refractivity contribution in [3.63, 3.8) is 0 Å². The highest BCUT2D eigenvalue weighted by Gasteiger charge is 2.24. The van der Waals surface area contributed by atoms with Gasteiger partial charge in [-0.05, 0) is 49.8 Å². The van der Waals surface area contributed by atoms with Crippen LogP contribution in [-0.4, -0.2) is 31.8 Å². The zero-order valence-corrected chi connectivity index (χ0v) is 19.2. The first-order valence-electron chi connectivity index (χ1n) is 10.3. The molecule has 0 radical (unpaired) electrons. The van der Waals surface area contributed by atoms with Gasteiger partial charge in [0.05, 0.1) is 23.4 Å². The molecular weight excluding hydrogens is 430 g/mol. The molecule has 1 N–H and O–H groups in total. The van der Waals surface area contributed by atoms with Gasteiger partial charge in [-0.2, -0.15) is 0 Å². The number of ether oxygens (including phenoxy) is 1. The lowest BCUT2D eigenvalue weighted by Gasteiger charge is -2.17. The van der Waals surface area contributed by atoms with E-state index in [0.717, 1.165) is 46.1 Å². The second kappa shape index (κ2) is 8.12. The Bertz CT molecular complexity index is 1310. The standard InChI is InChI=1S/C22H23N5O2S2/c1-12-7-8-16-17(9-12)31-21-18(16)20(28)24-19(25-21)13(2)30-22-26-23-11-27(22)14-5-4-6-15(10-14)29-3/h4-6,10-13H,7-9H2,1-3H3,(H,24,25,28)/t12-,13-/m0/s1. The number of aromatic nitrogens is 5. The van der Waals surface area contributed by atoms with Crippen molar-refractivity contribution in [3.05, 3.63) is 57.2 Å². The minimum atomic E-state index is -0.0938. The predicted octanol–water partition coefficient (Wildman–Crippen LogP) is 4.55. The Hall–Kier alpha value is -2.65. The van der Waals surface area contributed by atoms with E-state index in [-0.39, 0.29) is 10.8 Å². The van der Waals surface area contributed by atoms with Gasteiger partial charge >= 0.3 is 0 Å². The van der Waals surface area contributed by atoms with Crippen molar-refractivity contribution in [2.45, 2.75) is 43.5 Å². The van der Waals surface area contributed by atoms with Crippen LogP contribution in [0.3, 0.4) is 0 Å². The number of nitrogens with one attached hydrogen (secondary N) is 1. The molecule has 5 rings (SSSR count). The molecule has 9 heteroatoms. The van der Waals surface area contributed by atoms with Gasteiger partial charge in [0.15, 0.2) is 5.16 Å². The van der Waals surface area contributed by atoms with E-state index in [9.17, 15) is 4.79 Å². The fourth-order valence-corrected chi connectivity index (χ4v) is 6.30. The number of fused-ring (bicyclic) bond motifs is 3. The van der Waals surface area contributed by atoms with E-state index in [1.807, 2.05) is 35.8 Å². The van der Waals surface area contributed by atoms with Crippen molar-refractivity contribution < 1.29 is 4.74 Å². The number of H-pyrrole nitrogens is 1. The topological polar surface area (TPSA) is 85.7 Å². The van der Waals surface area contributed by atoms with Crippen LogP contribution in [0.25, 0.3) is 15.9 Å². The highest BCUT2D eigenvalue weighted by molar-refractivity contribution is 7.99. The number of hydrogen-bond acceptors (Lipinski definition) is 7. The molecule has 0 amide bonds. The maximum atomic E-state index is 12.9. The second-order valence-corrected chi connectivity index (χ2v) is 10.3. The third-order valence-electron chi connectivity index (χ3n) is 5.70. The Labute approximate surface area is 187 Å². The fraction of sp³-hybridized carbons (Fsp3) is 0.364. The van der Waals surface area contributed by atoms with Crippen molar-refractivity contribution in [2.24, 2.45) is 5.92 Å². The SMILES string of the molecule is COc1cccc(-n2cnnc2S[C@@H](C)c2nc3sc4c(c3c(=O)[nH]2)CC[C@H](C)C4)c1. The molecule has 3 heterocycles. The van der Waals surface area contributed by atoms with Crippen molar-refractivity contribution >= 4 is 33.3 Å². The van der Waals surface area contributed by atoms with Crippen molar-refractivity contribution in [3.8, 4) is 11.4 Å². The van der Waals surface area contributed by atoms with E-state index < -0.39 is 0 Å². The number of thioether (sulfide) groups is 1. The molecule has 31 heavy (non-hydrogen) atoms. The highest BCUT2D eigenvalue weighted by Crippen LogP contribution is 2.38. The molecule has 0 saturated carbocycles. The molecule has 160 valence electrons. The van der Waals surface area contributed by atoms with Crippen LogP contribution in [0, 0.1) is 5.92 Å². The van der Waals surface area contributed by atoms with Crippen LogP contribution in [0.4, 0.5) is 0 Å². The molecule has 0 bridgehead atoms. The van der Waals surface area contributed by atoms with Gasteiger partial charge in [0, 0.05) is 10.9 Å². The molecule has 4 aromatic rings. The van der Waals surface area contributed by atoms with Crippen LogP contribution in [0.5, 0.6) is 5.75 Å². The van der Waals surface area contributed by atoms with Gasteiger partial charge in [0.25, 0.3) is 5.56 Å². The van der Waals surface area contributed by atoms with Gasteiger partial charge in [-0.3, -0.25) is 9.36 Å². The monoisotopic (exact) mass is 453 g/mol. The van der Waals surface area contributed by atoms with Crippen molar-refractivity contribution in [2.75, 3.05) is 7.11 Å². The largest absolute Gasteiger partial charge is 0.497 e.